The van der Waals surface area contributed by atoms with E-state index in [2.05, 4.69) is 21.2 Å². The lowest BCUT2D eigenvalue weighted by Gasteiger charge is -2.10. The Hall–Kier alpha value is -2.08. The predicted octanol–water partition coefficient (Wildman–Crippen LogP) is 3.06. The minimum absolute atomic E-state index is 0.160. The zero-order valence-corrected chi connectivity index (χ0v) is 12.7. The number of benzene rings is 2. The van der Waals surface area contributed by atoms with Crippen LogP contribution in [-0.4, -0.2) is 12.5 Å². The number of carbonyl (C=O) groups excluding carboxylic acids is 1. The first-order chi connectivity index (χ1) is 10.0. The van der Waals surface area contributed by atoms with E-state index in [0.29, 0.717) is 16.8 Å². The predicted molar refractivity (Wildman–Crippen MR) is 82.6 cm³/mol. The third-order valence-electron chi connectivity index (χ3n) is 2.71. The van der Waals surface area contributed by atoms with E-state index in [9.17, 15) is 9.18 Å². The first kappa shape index (κ1) is 15.3. The van der Waals surface area contributed by atoms with Gasteiger partial charge in [0.25, 0.3) is 5.91 Å². The second-order valence-electron chi connectivity index (χ2n) is 4.37. The lowest BCUT2D eigenvalue weighted by Crippen LogP contribution is -2.20. The number of hydrogen-bond acceptors (Lipinski definition) is 3. The molecule has 0 spiro atoms. The van der Waals surface area contributed by atoms with Crippen LogP contribution in [0.1, 0.15) is 5.56 Å². The Labute approximate surface area is 130 Å². The second kappa shape index (κ2) is 7.08. The van der Waals surface area contributed by atoms with Gasteiger partial charge in [0, 0.05) is 22.8 Å². The first-order valence-corrected chi connectivity index (χ1v) is 7.03. The average Bonchev–Trinajstić information content (AvgIpc) is 2.45. The van der Waals surface area contributed by atoms with Crippen molar-refractivity contribution in [1.82, 2.24) is 0 Å². The van der Waals surface area contributed by atoms with Crippen molar-refractivity contribution in [1.29, 1.82) is 0 Å². The van der Waals surface area contributed by atoms with Crippen LogP contribution in [0.2, 0.25) is 0 Å². The summed E-state index contributed by atoms with van der Waals surface area (Å²) in [5.74, 6) is -0.256. The smallest absolute Gasteiger partial charge is 0.255 e. The molecule has 0 aliphatic carbocycles. The van der Waals surface area contributed by atoms with Crippen LogP contribution in [-0.2, 0) is 11.3 Å². The van der Waals surface area contributed by atoms with Crippen molar-refractivity contribution < 1.29 is 13.9 Å². The highest BCUT2D eigenvalue weighted by Gasteiger charge is 2.03. The normalized spacial score (nSPS) is 10.2. The van der Waals surface area contributed by atoms with Crippen LogP contribution < -0.4 is 15.8 Å². The Morgan fingerprint density at radius 1 is 1.29 bits per heavy atom. The average molecular weight is 353 g/mol. The number of hydrogen-bond donors (Lipinski definition) is 2. The topological polar surface area (TPSA) is 64.4 Å². The molecule has 0 fully saturated rings. The fourth-order valence-electron chi connectivity index (χ4n) is 1.71. The number of amides is 1. The largest absolute Gasteiger partial charge is 0.484 e. The Bertz CT molecular complexity index is 649. The summed E-state index contributed by atoms with van der Waals surface area (Å²) in [6.07, 6.45) is 0. The van der Waals surface area contributed by atoms with Crippen LogP contribution in [0.25, 0.3) is 0 Å². The van der Waals surface area contributed by atoms with Crippen molar-refractivity contribution in [3.05, 3.63) is 58.3 Å². The third kappa shape index (κ3) is 4.75. The Kier molecular flexibility index (Phi) is 5.16. The number of nitrogens with two attached hydrogens (primary N) is 1. The summed E-state index contributed by atoms with van der Waals surface area (Å²) in [7, 11) is 0. The van der Waals surface area contributed by atoms with Crippen LogP contribution in [0.3, 0.4) is 0 Å². The van der Waals surface area contributed by atoms with E-state index < -0.39 is 5.91 Å². The number of carbonyl (C=O) groups is 1. The van der Waals surface area contributed by atoms with E-state index in [-0.39, 0.29) is 12.4 Å². The summed E-state index contributed by atoms with van der Waals surface area (Å²) in [6.45, 7) is 0.368. The SMILES string of the molecule is NC(=O)COc1cccc(NCc2ccc(F)cc2Br)c1. The number of halogens is 2. The second-order valence-corrected chi connectivity index (χ2v) is 5.23. The number of nitrogens with one attached hydrogen (secondary N) is 1. The van der Waals surface area contributed by atoms with Crippen molar-refractivity contribution in [3.63, 3.8) is 0 Å². The fourth-order valence-corrected chi connectivity index (χ4v) is 2.20. The Morgan fingerprint density at radius 3 is 2.81 bits per heavy atom. The molecule has 2 rings (SSSR count). The Balaban J connectivity index is 1.99. The van der Waals surface area contributed by atoms with Crippen molar-refractivity contribution in [3.8, 4) is 5.75 Å². The molecule has 110 valence electrons. The molecule has 2 aromatic carbocycles. The van der Waals surface area contributed by atoms with E-state index >= 15 is 0 Å². The Morgan fingerprint density at radius 2 is 2.10 bits per heavy atom. The molecule has 4 nitrogen and oxygen atoms in total. The maximum Gasteiger partial charge on any atom is 0.255 e. The van der Waals surface area contributed by atoms with Gasteiger partial charge in [-0.05, 0) is 29.8 Å². The molecule has 0 unspecified atom stereocenters. The summed E-state index contributed by atoms with van der Waals surface area (Å²) >= 11 is 3.32. The number of ether oxygens (including phenoxy) is 1. The van der Waals surface area contributed by atoms with Crippen LogP contribution in [0.4, 0.5) is 10.1 Å². The third-order valence-corrected chi connectivity index (χ3v) is 3.45. The number of anilines is 1. The highest BCUT2D eigenvalue weighted by atomic mass is 79.9. The molecule has 0 heterocycles. The van der Waals surface area contributed by atoms with Gasteiger partial charge in [0.2, 0.25) is 0 Å². The lowest BCUT2D eigenvalue weighted by molar-refractivity contribution is -0.119. The van der Waals surface area contributed by atoms with E-state index in [1.807, 2.05) is 6.07 Å². The molecule has 0 saturated carbocycles. The quantitative estimate of drug-likeness (QED) is 0.839. The zero-order valence-electron chi connectivity index (χ0n) is 11.1. The van der Waals surface area contributed by atoms with Gasteiger partial charge in [-0.3, -0.25) is 4.79 Å². The summed E-state index contributed by atoms with van der Waals surface area (Å²) < 4.78 is 18.9. The highest BCUT2D eigenvalue weighted by Crippen LogP contribution is 2.21. The number of primary amides is 1. The molecule has 0 bridgehead atoms. The molecule has 0 atom stereocenters. The van der Waals surface area contributed by atoms with Crippen molar-refractivity contribution >= 4 is 27.5 Å². The summed E-state index contributed by atoms with van der Waals surface area (Å²) in [5, 5.41) is 3.20. The molecule has 0 radical (unpaired) electrons. The van der Waals surface area contributed by atoms with E-state index in [1.54, 1.807) is 24.3 Å². The van der Waals surface area contributed by atoms with E-state index in [4.69, 9.17) is 10.5 Å². The minimum atomic E-state index is -0.524. The summed E-state index contributed by atoms with van der Waals surface area (Å²) in [6, 6.07) is 11.7. The standard InChI is InChI=1S/C15H14BrFN2O2/c16-14-6-11(17)5-4-10(14)8-19-12-2-1-3-13(7-12)21-9-15(18)20/h1-7,19H,8-9H2,(H2,18,20). The monoisotopic (exact) mass is 352 g/mol. The van der Waals surface area contributed by atoms with Crippen LogP contribution in [0.15, 0.2) is 46.9 Å². The molecule has 0 saturated heterocycles. The van der Waals surface area contributed by atoms with Crippen molar-refractivity contribution in [2.75, 3.05) is 11.9 Å². The van der Waals surface area contributed by atoms with Crippen molar-refractivity contribution in [2.45, 2.75) is 6.54 Å². The van der Waals surface area contributed by atoms with Gasteiger partial charge in [-0.25, -0.2) is 4.39 Å². The molecule has 0 aliphatic heterocycles. The molecule has 0 aromatic heterocycles. The van der Waals surface area contributed by atoms with Gasteiger partial charge in [0.05, 0.1) is 0 Å². The van der Waals surface area contributed by atoms with Gasteiger partial charge >= 0.3 is 0 Å². The van der Waals surface area contributed by atoms with Crippen LogP contribution in [0.5, 0.6) is 5.75 Å². The van der Waals surface area contributed by atoms with Gasteiger partial charge in [0.15, 0.2) is 6.61 Å². The summed E-state index contributed by atoms with van der Waals surface area (Å²) in [5.41, 5.74) is 6.78. The van der Waals surface area contributed by atoms with Crippen LogP contribution in [0, 0.1) is 5.82 Å². The number of rotatable bonds is 6. The molecule has 2 aromatic rings. The van der Waals surface area contributed by atoms with E-state index in [1.165, 1.54) is 12.1 Å². The van der Waals surface area contributed by atoms with Gasteiger partial charge in [-0.2, -0.15) is 0 Å². The molecule has 3 N–H and O–H groups in total. The van der Waals surface area contributed by atoms with Crippen LogP contribution >= 0.6 is 15.9 Å². The molecular weight excluding hydrogens is 339 g/mol. The molecule has 1 amide bonds. The zero-order chi connectivity index (χ0) is 15.2. The van der Waals surface area contributed by atoms with E-state index in [0.717, 1.165) is 11.3 Å². The van der Waals surface area contributed by atoms with Gasteiger partial charge in [-0.15, -0.1) is 0 Å². The maximum absolute atomic E-state index is 13.0. The highest BCUT2D eigenvalue weighted by molar-refractivity contribution is 9.10. The maximum atomic E-state index is 13.0. The first-order valence-electron chi connectivity index (χ1n) is 6.23. The van der Waals surface area contributed by atoms with Crippen molar-refractivity contribution in [2.24, 2.45) is 5.73 Å². The lowest BCUT2D eigenvalue weighted by atomic mass is 10.2. The molecule has 21 heavy (non-hydrogen) atoms. The van der Waals surface area contributed by atoms with Gasteiger partial charge < -0.3 is 15.8 Å². The fraction of sp³-hybridized carbons (Fsp3) is 0.133. The summed E-state index contributed by atoms with van der Waals surface area (Å²) in [4.78, 5) is 10.7. The minimum Gasteiger partial charge on any atom is -0.484 e. The van der Waals surface area contributed by atoms with Gasteiger partial charge in [0.1, 0.15) is 11.6 Å². The molecule has 0 aliphatic rings. The molecule has 6 heteroatoms. The van der Waals surface area contributed by atoms with Gasteiger partial charge in [-0.1, -0.05) is 28.1 Å². The molecular formula is C15H14BrFN2O2.